The Labute approximate surface area is 111 Å². The summed E-state index contributed by atoms with van der Waals surface area (Å²) in [6.07, 6.45) is 2.70. The van der Waals surface area contributed by atoms with Crippen LogP contribution in [-0.2, 0) is 16.0 Å². The second-order valence-electron chi connectivity index (χ2n) is 3.42. The molecule has 0 saturated carbocycles. The van der Waals surface area contributed by atoms with Crippen molar-refractivity contribution in [1.82, 2.24) is 9.97 Å². The minimum atomic E-state index is -0.221. The third-order valence-electron chi connectivity index (χ3n) is 2.26. The second kappa shape index (κ2) is 5.46. The van der Waals surface area contributed by atoms with E-state index in [1.807, 2.05) is 12.1 Å². The molecule has 2 aromatic heterocycles. The fourth-order valence-corrected chi connectivity index (χ4v) is 2.75. The van der Waals surface area contributed by atoms with Gasteiger partial charge in [0, 0.05) is 6.42 Å². The number of H-pyrrole nitrogens is 1. The molecule has 1 N–H and O–H groups in total. The predicted octanol–water partition coefficient (Wildman–Crippen LogP) is 3.01. The quantitative estimate of drug-likeness (QED) is 0.883. The number of aromatic nitrogens is 2. The first-order valence-corrected chi connectivity index (χ1v) is 6.66. The first kappa shape index (κ1) is 12.3. The smallest absolute Gasteiger partial charge is 0.305 e. The van der Waals surface area contributed by atoms with Crippen LogP contribution in [0.4, 0.5) is 0 Å². The number of methoxy groups -OCH3 is 1. The van der Waals surface area contributed by atoms with Crippen molar-refractivity contribution >= 4 is 33.2 Å². The average molecular weight is 315 g/mol. The fraction of sp³-hybridized carbons (Fsp3) is 0.273. The van der Waals surface area contributed by atoms with E-state index in [2.05, 4.69) is 30.6 Å². The lowest BCUT2D eigenvalue weighted by molar-refractivity contribution is -0.140. The molecule has 90 valence electrons. The standard InChI is InChI=1S/C11H11BrN2O2S/c1-16-11(15)5-4-10-13-6-7(14-10)8-2-3-9(12)17-8/h2-3,6H,4-5H2,1H3,(H,13,14). The average Bonchev–Trinajstić information content (AvgIpc) is 2.94. The first-order chi connectivity index (χ1) is 8.19. The Hall–Kier alpha value is -1.14. The van der Waals surface area contributed by atoms with Crippen molar-refractivity contribution in [3.63, 3.8) is 0 Å². The summed E-state index contributed by atoms with van der Waals surface area (Å²) < 4.78 is 5.66. The molecule has 17 heavy (non-hydrogen) atoms. The normalized spacial score (nSPS) is 10.5. The van der Waals surface area contributed by atoms with Crippen LogP contribution in [0.25, 0.3) is 10.6 Å². The Morgan fingerprint density at radius 1 is 1.59 bits per heavy atom. The van der Waals surface area contributed by atoms with Gasteiger partial charge in [-0.2, -0.15) is 0 Å². The topological polar surface area (TPSA) is 55.0 Å². The van der Waals surface area contributed by atoms with Gasteiger partial charge in [-0.3, -0.25) is 4.79 Å². The summed E-state index contributed by atoms with van der Waals surface area (Å²) in [5.74, 6) is 0.580. The van der Waals surface area contributed by atoms with Crippen LogP contribution in [-0.4, -0.2) is 23.0 Å². The number of carbonyl (C=O) groups excluding carboxylic acids is 1. The minimum absolute atomic E-state index is 0.221. The van der Waals surface area contributed by atoms with Crippen molar-refractivity contribution in [2.24, 2.45) is 0 Å². The summed E-state index contributed by atoms with van der Waals surface area (Å²) in [4.78, 5) is 19.5. The molecule has 0 fully saturated rings. The molecule has 2 heterocycles. The number of halogens is 1. The van der Waals surface area contributed by atoms with Crippen molar-refractivity contribution in [2.75, 3.05) is 7.11 Å². The number of aryl methyl sites for hydroxylation is 1. The lowest BCUT2D eigenvalue weighted by Gasteiger charge is -1.96. The van der Waals surface area contributed by atoms with Crippen LogP contribution in [0.5, 0.6) is 0 Å². The number of imidazole rings is 1. The second-order valence-corrected chi connectivity index (χ2v) is 5.89. The van der Waals surface area contributed by atoms with Gasteiger partial charge in [-0.15, -0.1) is 11.3 Å². The maximum absolute atomic E-state index is 11.0. The number of ether oxygens (including phenoxy) is 1. The van der Waals surface area contributed by atoms with Crippen molar-refractivity contribution in [1.29, 1.82) is 0 Å². The highest BCUT2D eigenvalue weighted by molar-refractivity contribution is 9.11. The van der Waals surface area contributed by atoms with Crippen LogP contribution in [0.1, 0.15) is 12.2 Å². The summed E-state index contributed by atoms with van der Waals surface area (Å²) >= 11 is 5.06. The van der Waals surface area contributed by atoms with Crippen LogP contribution in [0.2, 0.25) is 0 Å². The molecule has 2 rings (SSSR count). The number of nitrogens with one attached hydrogen (secondary N) is 1. The van der Waals surface area contributed by atoms with E-state index in [0.717, 1.165) is 20.2 Å². The Morgan fingerprint density at radius 2 is 2.41 bits per heavy atom. The van der Waals surface area contributed by atoms with Crippen LogP contribution in [0, 0.1) is 0 Å². The van der Waals surface area contributed by atoms with Gasteiger partial charge in [-0.1, -0.05) is 0 Å². The largest absolute Gasteiger partial charge is 0.469 e. The molecule has 0 spiro atoms. The predicted molar refractivity (Wildman–Crippen MR) is 69.9 cm³/mol. The zero-order chi connectivity index (χ0) is 12.3. The van der Waals surface area contributed by atoms with Gasteiger partial charge in [-0.25, -0.2) is 4.98 Å². The van der Waals surface area contributed by atoms with E-state index in [-0.39, 0.29) is 5.97 Å². The van der Waals surface area contributed by atoms with Gasteiger partial charge in [0.25, 0.3) is 0 Å². The number of esters is 1. The van der Waals surface area contributed by atoms with Gasteiger partial charge in [-0.05, 0) is 28.1 Å². The lowest BCUT2D eigenvalue weighted by Crippen LogP contribution is -2.02. The molecule has 4 nitrogen and oxygen atoms in total. The molecule has 0 aliphatic heterocycles. The molecule has 2 aromatic rings. The Kier molecular flexibility index (Phi) is 3.96. The van der Waals surface area contributed by atoms with E-state index < -0.39 is 0 Å². The van der Waals surface area contributed by atoms with E-state index in [4.69, 9.17) is 0 Å². The van der Waals surface area contributed by atoms with Gasteiger partial charge >= 0.3 is 5.97 Å². The highest BCUT2D eigenvalue weighted by Crippen LogP contribution is 2.30. The third kappa shape index (κ3) is 3.17. The molecule has 0 bridgehead atoms. The molecular formula is C11H11BrN2O2S. The molecular weight excluding hydrogens is 304 g/mol. The molecule has 0 radical (unpaired) electrons. The molecule has 0 atom stereocenters. The zero-order valence-corrected chi connectivity index (χ0v) is 11.6. The van der Waals surface area contributed by atoms with Gasteiger partial charge in [0.05, 0.1) is 34.1 Å². The van der Waals surface area contributed by atoms with Crippen LogP contribution in [0.3, 0.4) is 0 Å². The van der Waals surface area contributed by atoms with Gasteiger partial charge < -0.3 is 9.72 Å². The lowest BCUT2D eigenvalue weighted by atomic mass is 10.3. The summed E-state index contributed by atoms with van der Waals surface area (Å²) in [6.45, 7) is 0. The molecule has 0 aliphatic rings. The molecule has 0 amide bonds. The minimum Gasteiger partial charge on any atom is -0.469 e. The monoisotopic (exact) mass is 314 g/mol. The number of rotatable bonds is 4. The third-order valence-corrected chi connectivity index (χ3v) is 3.92. The number of hydrogen-bond acceptors (Lipinski definition) is 4. The van der Waals surface area contributed by atoms with E-state index in [1.165, 1.54) is 7.11 Å². The molecule has 0 aliphatic carbocycles. The van der Waals surface area contributed by atoms with E-state index in [0.29, 0.717) is 12.8 Å². The highest BCUT2D eigenvalue weighted by Gasteiger charge is 2.07. The van der Waals surface area contributed by atoms with Gasteiger partial charge in [0.1, 0.15) is 5.82 Å². The van der Waals surface area contributed by atoms with Gasteiger partial charge in [0.15, 0.2) is 0 Å². The van der Waals surface area contributed by atoms with E-state index >= 15 is 0 Å². The molecule has 0 unspecified atom stereocenters. The van der Waals surface area contributed by atoms with Crippen molar-refractivity contribution < 1.29 is 9.53 Å². The highest BCUT2D eigenvalue weighted by atomic mass is 79.9. The van der Waals surface area contributed by atoms with Crippen molar-refractivity contribution in [3.05, 3.63) is 27.9 Å². The maximum Gasteiger partial charge on any atom is 0.305 e. The van der Waals surface area contributed by atoms with Crippen LogP contribution in [0.15, 0.2) is 22.1 Å². The number of carbonyl (C=O) groups is 1. The number of nitrogens with zero attached hydrogens (tertiary/aromatic N) is 1. The summed E-state index contributed by atoms with van der Waals surface area (Å²) in [7, 11) is 1.39. The molecule has 6 heteroatoms. The van der Waals surface area contributed by atoms with Crippen molar-refractivity contribution in [3.8, 4) is 10.6 Å². The van der Waals surface area contributed by atoms with E-state index in [9.17, 15) is 4.79 Å². The number of hydrogen-bond donors (Lipinski definition) is 1. The fourth-order valence-electron chi connectivity index (χ4n) is 1.40. The van der Waals surface area contributed by atoms with Crippen LogP contribution < -0.4 is 0 Å². The Bertz CT molecular complexity index is 521. The summed E-state index contributed by atoms with van der Waals surface area (Å²) in [5, 5.41) is 0. The molecule has 0 saturated heterocycles. The van der Waals surface area contributed by atoms with Crippen LogP contribution >= 0.6 is 27.3 Å². The first-order valence-electron chi connectivity index (χ1n) is 5.05. The SMILES string of the molecule is COC(=O)CCc1ncc(-c2ccc(Br)s2)[nH]1. The molecule has 0 aromatic carbocycles. The number of thiophene rings is 1. The summed E-state index contributed by atoms with van der Waals surface area (Å²) in [6, 6.07) is 4.02. The maximum atomic E-state index is 11.0. The van der Waals surface area contributed by atoms with Crippen molar-refractivity contribution in [2.45, 2.75) is 12.8 Å². The van der Waals surface area contributed by atoms with Gasteiger partial charge in [0.2, 0.25) is 0 Å². The number of aromatic amines is 1. The Morgan fingerprint density at radius 3 is 3.06 bits per heavy atom. The zero-order valence-electron chi connectivity index (χ0n) is 9.20. The summed E-state index contributed by atoms with van der Waals surface area (Å²) in [5.41, 5.74) is 0.973. The van der Waals surface area contributed by atoms with E-state index in [1.54, 1.807) is 17.5 Å². The Balaban J connectivity index is 2.03.